The maximum Gasteiger partial charge on any atom is 0.271 e. The van der Waals surface area contributed by atoms with Gasteiger partial charge in [-0.3, -0.25) is 9.36 Å². The molecule has 0 amide bonds. The van der Waals surface area contributed by atoms with Gasteiger partial charge in [0, 0.05) is 4.88 Å². The molecule has 7 heteroatoms. The van der Waals surface area contributed by atoms with Crippen molar-refractivity contribution in [1.82, 2.24) is 9.55 Å². The molecule has 2 aromatic heterocycles. The zero-order chi connectivity index (χ0) is 20.9. The molecule has 2 heterocycles. The van der Waals surface area contributed by atoms with Crippen LogP contribution in [0.3, 0.4) is 0 Å². The number of rotatable bonds is 8. The van der Waals surface area contributed by atoms with Crippen LogP contribution in [0, 0.1) is 0 Å². The molecule has 6 nitrogen and oxygen atoms in total. The fourth-order valence-electron chi connectivity index (χ4n) is 3.14. The lowest BCUT2D eigenvalue weighted by Gasteiger charge is -2.13. The van der Waals surface area contributed by atoms with Gasteiger partial charge in [-0.2, -0.15) is 0 Å². The van der Waals surface area contributed by atoms with Crippen molar-refractivity contribution in [2.24, 2.45) is 0 Å². The molecule has 0 bridgehead atoms. The first-order valence-electron chi connectivity index (χ1n) is 9.57. The molecule has 30 heavy (non-hydrogen) atoms. The van der Waals surface area contributed by atoms with Crippen LogP contribution in [0.25, 0.3) is 20.7 Å². The van der Waals surface area contributed by atoms with Crippen LogP contribution in [0.4, 0.5) is 0 Å². The van der Waals surface area contributed by atoms with E-state index in [2.05, 4.69) is 4.98 Å². The summed E-state index contributed by atoms with van der Waals surface area (Å²) in [5, 5.41) is 10.3. The minimum atomic E-state index is -0.799. The summed E-state index contributed by atoms with van der Waals surface area (Å²) in [7, 11) is 1.63. The van der Waals surface area contributed by atoms with Crippen LogP contribution in [0.15, 0.2) is 71.8 Å². The molecule has 2 aromatic carbocycles. The lowest BCUT2D eigenvalue weighted by atomic mass is 10.2. The van der Waals surface area contributed by atoms with Crippen molar-refractivity contribution >= 4 is 21.6 Å². The van der Waals surface area contributed by atoms with Gasteiger partial charge in [0.1, 0.15) is 10.4 Å². The highest BCUT2D eigenvalue weighted by molar-refractivity contribution is 7.22. The van der Waals surface area contributed by atoms with Crippen LogP contribution < -0.4 is 10.3 Å². The maximum atomic E-state index is 12.9. The lowest BCUT2D eigenvalue weighted by Crippen LogP contribution is -2.29. The summed E-state index contributed by atoms with van der Waals surface area (Å²) in [4.78, 5) is 18.2. The second-order valence-corrected chi connectivity index (χ2v) is 7.96. The average molecular weight is 423 g/mol. The number of benzene rings is 2. The Hall–Kier alpha value is -3.00. The fourth-order valence-corrected chi connectivity index (χ4v) is 4.20. The van der Waals surface area contributed by atoms with Crippen LogP contribution in [0.1, 0.15) is 5.56 Å². The summed E-state index contributed by atoms with van der Waals surface area (Å²) >= 11 is 1.40. The van der Waals surface area contributed by atoms with Gasteiger partial charge in [-0.25, -0.2) is 4.98 Å². The van der Waals surface area contributed by atoms with E-state index in [-0.39, 0.29) is 18.7 Å². The SMILES string of the molecule is COc1ccc(-c2cc3ncn(CC(O)COCc4ccccc4)c(=O)c3s2)cc1. The molecule has 1 unspecified atom stereocenters. The zero-order valence-corrected chi connectivity index (χ0v) is 17.3. The van der Waals surface area contributed by atoms with Crippen LogP contribution in [0.5, 0.6) is 5.75 Å². The lowest BCUT2D eigenvalue weighted by molar-refractivity contribution is 0.0198. The van der Waals surface area contributed by atoms with Gasteiger partial charge in [-0.15, -0.1) is 11.3 Å². The van der Waals surface area contributed by atoms with E-state index < -0.39 is 6.10 Å². The van der Waals surface area contributed by atoms with Crippen molar-refractivity contribution in [2.75, 3.05) is 13.7 Å². The van der Waals surface area contributed by atoms with E-state index >= 15 is 0 Å². The zero-order valence-electron chi connectivity index (χ0n) is 16.5. The molecule has 0 spiro atoms. The number of hydrogen-bond donors (Lipinski definition) is 1. The molecule has 0 aliphatic rings. The third-order valence-electron chi connectivity index (χ3n) is 4.71. The largest absolute Gasteiger partial charge is 0.497 e. The second-order valence-electron chi connectivity index (χ2n) is 6.91. The summed E-state index contributed by atoms with van der Waals surface area (Å²) in [6.07, 6.45) is 0.682. The standard InChI is InChI=1S/C23H22N2O4S/c1-28-19-9-7-17(8-10-19)21-11-20-22(30-21)23(27)25(15-24-20)12-18(26)14-29-13-16-5-3-2-4-6-16/h2-11,15,18,26H,12-14H2,1H3. The number of methoxy groups -OCH3 is 1. The molecule has 1 N–H and O–H groups in total. The molecule has 0 saturated carbocycles. The summed E-state index contributed by atoms with van der Waals surface area (Å²) < 4.78 is 12.8. The number of aromatic nitrogens is 2. The third kappa shape index (κ3) is 4.59. The van der Waals surface area contributed by atoms with Crippen molar-refractivity contribution in [2.45, 2.75) is 19.3 Å². The maximum absolute atomic E-state index is 12.9. The van der Waals surface area contributed by atoms with Crippen molar-refractivity contribution in [3.8, 4) is 16.2 Å². The van der Waals surface area contributed by atoms with Gasteiger partial charge in [-0.05, 0) is 41.5 Å². The fraction of sp³-hybridized carbons (Fsp3) is 0.217. The van der Waals surface area contributed by atoms with Gasteiger partial charge in [0.15, 0.2) is 0 Å². The van der Waals surface area contributed by atoms with E-state index in [9.17, 15) is 9.90 Å². The molecule has 0 aliphatic heterocycles. The van der Waals surface area contributed by atoms with Crippen LogP contribution in [-0.2, 0) is 17.9 Å². The predicted octanol–water partition coefficient (Wildman–Crippen LogP) is 3.71. The summed E-state index contributed by atoms with van der Waals surface area (Å²) in [5.41, 5.74) is 2.53. The predicted molar refractivity (Wildman–Crippen MR) is 118 cm³/mol. The number of aliphatic hydroxyl groups is 1. The molecule has 4 aromatic rings. The Morgan fingerprint density at radius 1 is 1.13 bits per heavy atom. The highest BCUT2D eigenvalue weighted by atomic mass is 32.1. The number of ether oxygens (including phenoxy) is 2. The Morgan fingerprint density at radius 3 is 2.63 bits per heavy atom. The molecular weight excluding hydrogens is 400 g/mol. The number of thiophene rings is 1. The summed E-state index contributed by atoms with van der Waals surface area (Å²) in [6, 6.07) is 19.3. The van der Waals surface area contributed by atoms with E-state index in [0.29, 0.717) is 16.8 Å². The number of fused-ring (bicyclic) bond motifs is 1. The van der Waals surface area contributed by atoms with Crippen molar-refractivity contribution in [3.05, 3.63) is 82.9 Å². The quantitative estimate of drug-likeness (QED) is 0.469. The van der Waals surface area contributed by atoms with Crippen LogP contribution in [0.2, 0.25) is 0 Å². The van der Waals surface area contributed by atoms with Gasteiger partial charge in [0.25, 0.3) is 5.56 Å². The monoisotopic (exact) mass is 422 g/mol. The van der Waals surface area contributed by atoms with Crippen molar-refractivity contribution in [3.63, 3.8) is 0 Å². The third-order valence-corrected chi connectivity index (χ3v) is 5.87. The normalized spacial score (nSPS) is 12.2. The molecule has 4 rings (SSSR count). The topological polar surface area (TPSA) is 73.6 Å². The van der Waals surface area contributed by atoms with E-state index in [4.69, 9.17) is 9.47 Å². The van der Waals surface area contributed by atoms with E-state index in [1.54, 1.807) is 7.11 Å². The van der Waals surface area contributed by atoms with E-state index in [0.717, 1.165) is 21.8 Å². The van der Waals surface area contributed by atoms with Gasteiger partial charge in [-0.1, -0.05) is 30.3 Å². The van der Waals surface area contributed by atoms with Gasteiger partial charge >= 0.3 is 0 Å². The van der Waals surface area contributed by atoms with Crippen LogP contribution in [-0.4, -0.2) is 34.5 Å². The Morgan fingerprint density at radius 2 is 1.90 bits per heavy atom. The number of hydrogen-bond acceptors (Lipinski definition) is 6. The average Bonchev–Trinajstić information content (AvgIpc) is 3.22. The molecule has 0 aliphatic carbocycles. The summed E-state index contributed by atoms with van der Waals surface area (Å²) in [6.45, 7) is 0.688. The summed E-state index contributed by atoms with van der Waals surface area (Å²) in [5.74, 6) is 0.781. The Bertz CT molecular complexity index is 1170. The molecular formula is C23H22N2O4S. The Kier molecular flexibility index (Phi) is 6.23. The first-order valence-corrected chi connectivity index (χ1v) is 10.4. The smallest absolute Gasteiger partial charge is 0.271 e. The van der Waals surface area contributed by atoms with E-state index in [1.807, 2.05) is 60.7 Å². The Balaban J connectivity index is 1.45. The van der Waals surface area contributed by atoms with Gasteiger partial charge in [0.05, 0.1) is 44.8 Å². The first-order chi connectivity index (χ1) is 14.6. The van der Waals surface area contributed by atoms with Crippen molar-refractivity contribution in [1.29, 1.82) is 0 Å². The Labute approximate surface area is 178 Å². The molecule has 0 saturated heterocycles. The molecule has 0 fully saturated rings. The van der Waals surface area contributed by atoms with E-state index in [1.165, 1.54) is 22.2 Å². The highest BCUT2D eigenvalue weighted by Gasteiger charge is 2.13. The minimum Gasteiger partial charge on any atom is -0.497 e. The number of nitrogens with zero attached hydrogens (tertiary/aromatic N) is 2. The molecule has 0 radical (unpaired) electrons. The van der Waals surface area contributed by atoms with Crippen molar-refractivity contribution < 1.29 is 14.6 Å². The number of aliphatic hydroxyl groups excluding tert-OH is 1. The minimum absolute atomic E-state index is 0.131. The molecule has 154 valence electrons. The highest BCUT2D eigenvalue weighted by Crippen LogP contribution is 2.31. The van der Waals surface area contributed by atoms with Gasteiger partial charge < -0.3 is 14.6 Å². The van der Waals surface area contributed by atoms with Gasteiger partial charge in [0.2, 0.25) is 0 Å². The second kappa shape index (κ2) is 9.21. The first kappa shape index (κ1) is 20.3. The van der Waals surface area contributed by atoms with Crippen LogP contribution >= 0.6 is 11.3 Å². The molecule has 1 atom stereocenters.